The van der Waals surface area contributed by atoms with E-state index >= 15 is 0 Å². The minimum absolute atomic E-state index is 0. The molecule has 2 rings (SSSR count). The van der Waals surface area contributed by atoms with Crippen LogP contribution in [0.2, 0.25) is 0 Å². The molecule has 0 aliphatic carbocycles. The second kappa shape index (κ2) is 10.7. The standard InChI is InChI=1S/C15H15N3O2S.H2O.Zn/c1-20-13-9-5-6-11(14(13)19)10-16-18-15(21)17-12-7-3-2-4-8-12;;/h2-10H,1H3,(H3,16,17,18,19,21);1H2;/q;;+2. The maximum Gasteiger partial charge on any atom is 2.00 e. The molecular weight excluding hydrogens is 368 g/mol. The summed E-state index contributed by atoms with van der Waals surface area (Å²) in [5, 5.41) is 15.2. The number of methoxy groups -OCH3 is 1. The van der Waals surface area contributed by atoms with Crippen LogP contribution in [-0.2, 0) is 31.7 Å². The molecule has 8 heteroatoms. The van der Waals surface area contributed by atoms with Gasteiger partial charge >= 0.3 is 25.2 Å². The maximum atomic E-state index is 7.91. The van der Waals surface area contributed by atoms with Crippen molar-refractivity contribution >= 4 is 29.2 Å². The molecular formula is C15H17N3O3SZn+2. The van der Waals surface area contributed by atoms with Crippen molar-refractivity contribution < 1.29 is 34.8 Å². The molecule has 0 atom stereocenters. The molecule has 0 aliphatic heterocycles. The molecule has 0 fully saturated rings. The summed E-state index contributed by atoms with van der Waals surface area (Å²) < 4.78 is 5.08. The van der Waals surface area contributed by atoms with E-state index in [0.29, 0.717) is 16.4 Å². The fourth-order valence-corrected chi connectivity index (χ4v) is 1.83. The Labute approximate surface area is 152 Å². The molecule has 0 radical (unpaired) electrons. The molecule has 6 nitrogen and oxygen atoms in total. The predicted octanol–water partition coefficient (Wildman–Crippen LogP) is 2.14. The number of para-hydroxylation sites is 2. The van der Waals surface area contributed by atoms with E-state index in [0.717, 1.165) is 5.69 Å². The number of thiol groups is 1. The molecule has 0 unspecified atom stereocenters. The van der Waals surface area contributed by atoms with Gasteiger partial charge in [0, 0.05) is 11.9 Å². The Hall–Kier alpha value is -2.02. The molecule has 0 spiro atoms. The largest absolute Gasteiger partial charge is 2.00 e. The van der Waals surface area contributed by atoms with Gasteiger partial charge in [0.2, 0.25) is 10.9 Å². The third-order valence-corrected chi connectivity index (χ3v) is 2.86. The van der Waals surface area contributed by atoms with Gasteiger partial charge < -0.3 is 31.2 Å². The third-order valence-electron chi connectivity index (χ3n) is 2.66. The Morgan fingerprint density at radius 1 is 1.22 bits per heavy atom. The Morgan fingerprint density at radius 2 is 1.91 bits per heavy atom. The summed E-state index contributed by atoms with van der Waals surface area (Å²) in [7, 11) is 1.53. The molecule has 23 heavy (non-hydrogen) atoms. The molecule has 0 heterocycles. The topological polar surface area (TPSA) is 101 Å². The molecule has 116 valence electrons. The summed E-state index contributed by atoms with van der Waals surface area (Å²) >= 11 is 4.21. The number of anilines is 1. The molecule has 0 aromatic heterocycles. The van der Waals surface area contributed by atoms with E-state index in [4.69, 9.17) is 9.84 Å². The van der Waals surface area contributed by atoms with Crippen molar-refractivity contribution in [2.24, 2.45) is 5.10 Å². The van der Waals surface area contributed by atoms with Crippen LogP contribution < -0.4 is 10.1 Å². The van der Waals surface area contributed by atoms with Crippen LogP contribution in [0.3, 0.4) is 0 Å². The van der Waals surface area contributed by atoms with Crippen LogP contribution in [0.4, 0.5) is 5.69 Å². The number of nitrogens with zero attached hydrogens (tertiary/aromatic N) is 2. The number of ether oxygens (including phenoxy) is 1. The smallest absolute Gasteiger partial charge is 0.870 e. The molecule has 0 aliphatic rings. The van der Waals surface area contributed by atoms with Crippen molar-refractivity contribution in [1.29, 1.82) is 0 Å². The van der Waals surface area contributed by atoms with E-state index in [1.807, 2.05) is 30.3 Å². The fourth-order valence-electron chi connectivity index (χ4n) is 1.65. The van der Waals surface area contributed by atoms with Crippen LogP contribution in [0.15, 0.2) is 53.6 Å². The third kappa shape index (κ3) is 6.32. The van der Waals surface area contributed by atoms with Crippen molar-refractivity contribution in [1.82, 2.24) is 0 Å². The zero-order valence-electron chi connectivity index (χ0n) is 12.6. The minimum Gasteiger partial charge on any atom is -0.870 e. The summed E-state index contributed by atoms with van der Waals surface area (Å²) in [5.74, 6) is 0.770. The first-order valence-electron chi connectivity index (χ1n) is 6.21. The van der Waals surface area contributed by atoms with Gasteiger partial charge in [0.25, 0.3) is 0 Å². The summed E-state index contributed by atoms with van der Waals surface area (Å²) in [6.45, 7) is 0. The van der Waals surface area contributed by atoms with Crippen molar-refractivity contribution in [3.63, 3.8) is 0 Å². The van der Waals surface area contributed by atoms with Gasteiger partial charge in [-0.05, 0) is 24.3 Å². The summed E-state index contributed by atoms with van der Waals surface area (Å²) in [6.07, 6.45) is 1.49. The van der Waals surface area contributed by atoms with E-state index in [1.54, 1.807) is 18.2 Å². The molecule has 2 aromatic rings. The molecule has 0 bridgehead atoms. The maximum absolute atomic E-state index is 7.91. The summed E-state index contributed by atoms with van der Waals surface area (Å²) in [5.41, 5.74) is 5.43. The van der Waals surface area contributed by atoms with E-state index in [9.17, 15) is 0 Å². The second-order valence-electron chi connectivity index (χ2n) is 4.08. The van der Waals surface area contributed by atoms with Gasteiger partial charge in [0.05, 0.1) is 12.7 Å². The SMILES string of the molecule is COc1cccc(C=N[N-]C(=[SH+])Nc2ccccc2)c1[OH2+].[OH-].[Zn+2]. The fraction of sp³-hybridized carbons (Fsp3) is 0.0667. The van der Waals surface area contributed by atoms with Crippen LogP contribution in [0.5, 0.6) is 11.5 Å². The van der Waals surface area contributed by atoms with E-state index < -0.39 is 0 Å². The number of hydrogen-bond donors (Lipinski definition) is 1. The van der Waals surface area contributed by atoms with E-state index in [2.05, 4.69) is 28.1 Å². The van der Waals surface area contributed by atoms with Gasteiger partial charge in [-0.1, -0.05) is 24.3 Å². The van der Waals surface area contributed by atoms with Crippen molar-refractivity contribution in [2.45, 2.75) is 0 Å². The number of benzene rings is 2. The van der Waals surface area contributed by atoms with Crippen LogP contribution in [0.25, 0.3) is 5.43 Å². The van der Waals surface area contributed by atoms with Gasteiger partial charge in [-0.2, -0.15) is 0 Å². The minimum atomic E-state index is 0. The van der Waals surface area contributed by atoms with Crippen LogP contribution >= 0.6 is 0 Å². The Morgan fingerprint density at radius 3 is 2.57 bits per heavy atom. The Bertz CT molecular complexity index is 654. The molecule has 0 saturated carbocycles. The van der Waals surface area contributed by atoms with Crippen molar-refractivity contribution in [2.75, 3.05) is 12.4 Å². The van der Waals surface area contributed by atoms with E-state index in [1.165, 1.54) is 13.3 Å². The quantitative estimate of drug-likeness (QED) is 0.218. The van der Waals surface area contributed by atoms with Gasteiger partial charge in [0.15, 0.2) is 12.2 Å². The number of nitrogens with one attached hydrogen (secondary N) is 1. The zero-order chi connectivity index (χ0) is 15.1. The molecule has 0 amide bonds. The number of hydrogen-bond acceptors (Lipinski definition) is 3. The summed E-state index contributed by atoms with van der Waals surface area (Å²) in [6, 6.07) is 14.9. The van der Waals surface area contributed by atoms with E-state index in [-0.39, 0.29) is 30.7 Å². The number of rotatable bonds is 4. The molecule has 4 N–H and O–H groups in total. The van der Waals surface area contributed by atoms with Gasteiger partial charge in [-0.15, -0.1) is 0 Å². The average Bonchev–Trinajstić information content (AvgIpc) is 2.50. The molecule has 0 saturated heterocycles. The first-order chi connectivity index (χ1) is 10.2. The van der Waals surface area contributed by atoms with Crippen molar-refractivity contribution in [3.8, 4) is 11.5 Å². The monoisotopic (exact) mass is 383 g/mol. The van der Waals surface area contributed by atoms with Crippen LogP contribution in [-0.4, -0.2) is 29.0 Å². The Kier molecular flexibility index (Phi) is 9.73. The zero-order valence-corrected chi connectivity index (χ0v) is 16.5. The van der Waals surface area contributed by atoms with Gasteiger partial charge in [-0.25, -0.2) is 0 Å². The van der Waals surface area contributed by atoms with Crippen LogP contribution in [0.1, 0.15) is 5.56 Å². The van der Waals surface area contributed by atoms with Gasteiger partial charge in [0.1, 0.15) is 0 Å². The Balaban J connectivity index is 0.00000242. The first kappa shape index (κ1) is 21.0. The predicted molar refractivity (Wildman–Crippen MR) is 92.8 cm³/mol. The van der Waals surface area contributed by atoms with Crippen molar-refractivity contribution in [3.05, 3.63) is 59.5 Å². The first-order valence-corrected chi connectivity index (χ1v) is 6.66. The molecule has 2 aromatic carbocycles. The van der Waals surface area contributed by atoms with Crippen LogP contribution in [0, 0.1) is 0 Å². The summed E-state index contributed by atoms with van der Waals surface area (Å²) in [4.78, 5) is 0. The normalized spacial score (nSPS) is 9.43. The average molecular weight is 385 g/mol. The van der Waals surface area contributed by atoms with Gasteiger partial charge in [-0.3, -0.25) is 0 Å². The second-order valence-corrected chi connectivity index (χ2v) is 4.51.